The molecule has 0 aliphatic carbocycles. The van der Waals surface area contributed by atoms with Crippen molar-refractivity contribution in [3.63, 3.8) is 0 Å². The van der Waals surface area contributed by atoms with Gasteiger partial charge < -0.3 is 5.73 Å². The first-order chi connectivity index (χ1) is 10.1. The molecule has 2 aromatic carbocycles. The largest absolute Gasteiger partial charge is 0.382 e. The number of rotatable bonds is 2. The second kappa shape index (κ2) is 5.43. The van der Waals surface area contributed by atoms with Crippen molar-refractivity contribution >= 4 is 29.0 Å². The van der Waals surface area contributed by atoms with E-state index >= 15 is 0 Å². The van der Waals surface area contributed by atoms with Gasteiger partial charge in [0.15, 0.2) is 5.82 Å². The van der Waals surface area contributed by atoms with Gasteiger partial charge in [-0.1, -0.05) is 53.0 Å². The van der Waals surface area contributed by atoms with Crippen LogP contribution in [0, 0.1) is 6.92 Å². The van der Waals surface area contributed by atoms with Gasteiger partial charge in [0.05, 0.1) is 16.3 Å². The molecule has 5 heteroatoms. The lowest BCUT2D eigenvalue weighted by Crippen LogP contribution is -1.89. The zero-order valence-corrected chi connectivity index (χ0v) is 12.8. The molecule has 0 spiro atoms. The topological polar surface area (TPSA) is 54.7 Å². The molecule has 21 heavy (non-hydrogen) atoms. The van der Waals surface area contributed by atoms with Crippen LogP contribution in [0.3, 0.4) is 0 Å². The number of nitrogen functional groups attached to an aromatic ring is 1. The highest BCUT2D eigenvalue weighted by Crippen LogP contribution is 2.38. The zero-order chi connectivity index (χ0) is 15.0. The Balaban J connectivity index is 2.22. The summed E-state index contributed by atoms with van der Waals surface area (Å²) in [4.78, 5) is 0. The third-order valence-electron chi connectivity index (χ3n) is 3.30. The molecule has 0 radical (unpaired) electrons. The van der Waals surface area contributed by atoms with Crippen molar-refractivity contribution in [3.05, 3.63) is 58.1 Å². The maximum atomic E-state index is 6.29. The number of aromatic nitrogens is 2. The highest BCUT2D eigenvalue weighted by atomic mass is 35.5. The Morgan fingerprint density at radius 2 is 1.90 bits per heavy atom. The van der Waals surface area contributed by atoms with Crippen LogP contribution in [0.5, 0.6) is 0 Å². The van der Waals surface area contributed by atoms with E-state index in [1.54, 1.807) is 12.1 Å². The van der Waals surface area contributed by atoms with Crippen molar-refractivity contribution in [1.29, 1.82) is 0 Å². The molecular formula is C16H13Cl2N3. The molecule has 0 aliphatic rings. The van der Waals surface area contributed by atoms with Crippen molar-refractivity contribution in [3.8, 4) is 22.4 Å². The lowest BCUT2D eigenvalue weighted by atomic mass is 9.99. The highest BCUT2D eigenvalue weighted by Gasteiger charge is 2.17. The number of nitrogens with two attached hydrogens (primary N) is 1. The molecule has 0 atom stereocenters. The average molecular weight is 318 g/mol. The van der Waals surface area contributed by atoms with Crippen LogP contribution in [-0.2, 0) is 0 Å². The van der Waals surface area contributed by atoms with Crippen LogP contribution < -0.4 is 5.73 Å². The first-order valence-electron chi connectivity index (χ1n) is 6.42. The smallest absolute Gasteiger partial charge is 0.153 e. The minimum atomic E-state index is 0.446. The first kappa shape index (κ1) is 14.0. The van der Waals surface area contributed by atoms with Gasteiger partial charge in [0.25, 0.3) is 0 Å². The molecule has 3 nitrogen and oxygen atoms in total. The summed E-state index contributed by atoms with van der Waals surface area (Å²) < 4.78 is 0. The van der Waals surface area contributed by atoms with E-state index in [0.29, 0.717) is 15.9 Å². The van der Waals surface area contributed by atoms with Gasteiger partial charge >= 0.3 is 0 Å². The summed E-state index contributed by atoms with van der Waals surface area (Å²) in [6.07, 6.45) is 0. The summed E-state index contributed by atoms with van der Waals surface area (Å²) in [5, 5.41) is 8.24. The van der Waals surface area contributed by atoms with Crippen molar-refractivity contribution < 1.29 is 0 Å². The summed E-state index contributed by atoms with van der Waals surface area (Å²) in [7, 11) is 0. The predicted molar refractivity (Wildman–Crippen MR) is 88.6 cm³/mol. The molecule has 1 aromatic heterocycles. The van der Waals surface area contributed by atoms with E-state index in [9.17, 15) is 0 Å². The Kier molecular flexibility index (Phi) is 3.62. The number of H-pyrrole nitrogens is 1. The molecule has 106 valence electrons. The standard InChI is InChI=1S/C16H13Cl2N3/c1-9-3-2-4-10(7-9)14-15(20-21-16(14)19)12-6-5-11(17)8-13(12)18/h2-8H,1H3,(H3,19,20,21). The van der Waals surface area contributed by atoms with Crippen LogP contribution in [0.15, 0.2) is 42.5 Å². The number of nitrogens with one attached hydrogen (secondary N) is 1. The molecule has 1 heterocycles. The van der Waals surface area contributed by atoms with Crippen LogP contribution in [0.2, 0.25) is 10.0 Å². The lowest BCUT2D eigenvalue weighted by Gasteiger charge is -2.07. The van der Waals surface area contributed by atoms with E-state index in [1.807, 2.05) is 31.2 Å². The summed E-state index contributed by atoms with van der Waals surface area (Å²) in [5.74, 6) is 0.446. The van der Waals surface area contributed by atoms with Crippen LogP contribution in [0.4, 0.5) is 5.82 Å². The molecule has 0 saturated heterocycles. The van der Waals surface area contributed by atoms with Crippen LogP contribution in [0.1, 0.15) is 5.56 Å². The predicted octanol–water partition coefficient (Wildman–Crippen LogP) is 4.94. The van der Waals surface area contributed by atoms with Gasteiger partial charge in [-0.2, -0.15) is 5.10 Å². The Bertz CT molecular complexity index is 809. The number of halogens is 2. The normalized spacial score (nSPS) is 10.8. The first-order valence-corrected chi connectivity index (χ1v) is 7.18. The minimum absolute atomic E-state index is 0.446. The van der Waals surface area contributed by atoms with Crippen molar-refractivity contribution in [2.24, 2.45) is 0 Å². The average Bonchev–Trinajstić information content (AvgIpc) is 2.80. The zero-order valence-electron chi connectivity index (χ0n) is 11.3. The van der Waals surface area contributed by atoms with Gasteiger partial charge in [-0.3, -0.25) is 5.10 Å². The fourth-order valence-corrected chi connectivity index (χ4v) is 2.84. The van der Waals surface area contributed by atoms with E-state index in [4.69, 9.17) is 28.9 Å². The van der Waals surface area contributed by atoms with Crippen LogP contribution >= 0.6 is 23.2 Å². The Morgan fingerprint density at radius 3 is 2.62 bits per heavy atom. The SMILES string of the molecule is Cc1cccc(-c2c(N)n[nH]c2-c2ccc(Cl)cc2Cl)c1. The maximum Gasteiger partial charge on any atom is 0.153 e. The number of benzene rings is 2. The third kappa shape index (κ3) is 2.62. The van der Waals surface area contributed by atoms with E-state index in [-0.39, 0.29) is 0 Å². The van der Waals surface area contributed by atoms with Crippen LogP contribution in [-0.4, -0.2) is 10.2 Å². The number of aryl methyl sites for hydroxylation is 1. The Labute approximate surface area is 132 Å². The highest BCUT2D eigenvalue weighted by molar-refractivity contribution is 6.36. The molecular weight excluding hydrogens is 305 g/mol. The van der Waals surface area contributed by atoms with Crippen molar-refractivity contribution in [2.75, 3.05) is 5.73 Å². The molecule has 0 bridgehead atoms. The monoisotopic (exact) mass is 317 g/mol. The van der Waals surface area contributed by atoms with Gasteiger partial charge in [0.1, 0.15) is 0 Å². The quantitative estimate of drug-likeness (QED) is 0.703. The van der Waals surface area contributed by atoms with Crippen molar-refractivity contribution in [2.45, 2.75) is 6.92 Å². The van der Waals surface area contributed by atoms with E-state index < -0.39 is 0 Å². The van der Waals surface area contributed by atoms with Crippen molar-refractivity contribution in [1.82, 2.24) is 10.2 Å². The fourth-order valence-electron chi connectivity index (χ4n) is 2.34. The second-order valence-electron chi connectivity index (χ2n) is 4.85. The van der Waals surface area contributed by atoms with Gasteiger partial charge in [-0.15, -0.1) is 0 Å². The molecule has 3 rings (SSSR count). The van der Waals surface area contributed by atoms with Gasteiger partial charge in [0.2, 0.25) is 0 Å². The van der Waals surface area contributed by atoms with Gasteiger partial charge in [0, 0.05) is 10.6 Å². The summed E-state index contributed by atoms with van der Waals surface area (Å²) in [6, 6.07) is 13.4. The number of anilines is 1. The molecule has 0 unspecified atom stereocenters. The molecule has 0 amide bonds. The number of nitrogens with zero attached hydrogens (tertiary/aromatic N) is 1. The summed E-state index contributed by atoms with van der Waals surface area (Å²) >= 11 is 12.2. The van der Waals surface area contributed by atoms with E-state index in [2.05, 4.69) is 16.3 Å². The fraction of sp³-hybridized carbons (Fsp3) is 0.0625. The van der Waals surface area contributed by atoms with E-state index in [1.165, 1.54) is 0 Å². The molecule has 0 saturated carbocycles. The lowest BCUT2D eigenvalue weighted by molar-refractivity contribution is 1.10. The molecule has 3 N–H and O–H groups in total. The Hall–Kier alpha value is -1.97. The van der Waals surface area contributed by atoms with Gasteiger partial charge in [-0.25, -0.2) is 0 Å². The number of hydrogen-bond acceptors (Lipinski definition) is 2. The second-order valence-corrected chi connectivity index (χ2v) is 5.70. The maximum absolute atomic E-state index is 6.29. The molecule has 0 aliphatic heterocycles. The third-order valence-corrected chi connectivity index (χ3v) is 3.85. The number of aromatic amines is 1. The minimum Gasteiger partial charge on any atom is -0.382 e. The molecule has 3 aromatic rings. The summed E-state index contributed by atoms with van der Waals surface area (Å²) in [6.45, 7) is 2.04. The Morgan fingerprint density at radius 1 is 1.10 bits per heavy atom. The van der Waals surface area contributed by atoms with Crippen LogP contribution in [0.25, 0.3) is 22.4 Å². The summed E-state index contributed by atoms with van der Waals surface area (Å²) in [5.41, 5.74) is 10.6. The van der Waals surface area contributed by atoms with E-state index in [0.717, 1.165) is 27.9 Å². The van der Waals surface area contributed by atoms with Gasteiger partial charge in [-0.05, 0) is 30.7 Å². The molecule has 0 fully saturated rings. The number of hydrogen-bond donors (Lipinski definition) is 2.